The minimum Gasteiger partial charge on any atom is -0.481 e. The van der Waals surface area contributed by atoms with Crippen LogP contribution in [0.2, 0.25) is 0 Å². The monoisotopic (exact) mass is 272 g/mol. The van der Waals surface area contributed by atoms with Crippen LogP contribution in [0.1, 0.15) is 74.1 Å². The van der Waals surface area contributed by atoms with Gasteiger partial charge < -0.3 is 9.84 Å². The highest BCUT2D eigenvalue weighted by atomic mass is 16.5. The van der Waals surface area contributed by atoms with E-state index in [1.807, 2.05) is 0 Å². The Hall–Kier alpha value is -0.570. The summed E-state index contributed by atoms with van der Waals surface area (Å²) in [6, 6.07) is 0. The summed E-state index contributed by atoms with van der Waals surface area (Å²) in [5.74, 6) is -0.730. The van der Waals surface area contributed by atoms with Gasteiger partial charge in [-0.1, -0.05) is 41.0 Å². The van der Waals surface area contributed by atoms with Crippen LogP contribution in [-0.4, -0.2) is 23.3 Å². The SMILES string of the molecule is CCC(C)(C)C(C)(C)C(C)(C)OCCCCC(=O)O. The lowest BCUT2D eigenvalue weighted by atomic mass is 9.59. The first kappa shape index (κ1) is 18.4. The molecule has 0 radical (unpaired) electrons. The van der Waals surface area contributed by atoms with Crippen LogP contribution < -0.4 is 0 Å². The molecule has 114 valence electrons. The maximum atomic E-state index is 10.4. The summed E-state index contributed by atoms with van der Waals surface area (Å²) in [6.45, 7) is 16.2. The average Bonchev–Trinajstić information content (AvgIpc) is 2.27. The zero-order valence-electron chi connectivity index (χ0n) is 13.8. The molecule has 0 spiro atoms. The Balaban J connectivity index is 4.41. The Labute approximate surface area is 118 Å². The van der Waals surface area contributed by atoms with Gasteiger partial charge in [0.2, 0.25) is 0 Å². The second-order valence-corrected chi connectivity index (χ2v) is 7.07. The van der Waals surface area contributed by atoms with Crippen LogP contribution >= 0.6 is 0 Å². The van der Waals surface area contributed by atoms with E-state index in [1.165, 1.54) is 0 Å². The van der Waals surface area contributed by atoms with Crippen LogP contribution in [0.4, 0.5) is 0 Å². The number of unbranched alkanes of at least 4 members (excludes halogenated alkanes) is 1. The van der Waals surface area contributed by atoms with Crippen molar-refractivity contribution in [2.24, 2.45) is 10.8 Å². The highest BCUT2D eigenvalue weighted by molar-refractivity contribution is 5.66. The maximum absolute atomic E-state index is 10.4. The molecule has 0 aliphatic heterocycles. The van der Waals surface area contributed by atoms with Crippen molar-refractivity contribution in [1.82, 2.24) is 0 Å². The van der Waals surface area contributed by atoms with Crippen LogP contribution in [-0.2, 0) is 9.53 Å². The van der Waals surface area contributed by atoms with Crippen LogP contribution in [0, 0.1) is 10.8 Å². The summed E-state index contributed by atoms with van der Waals surface area (Å²) in [4.78, 5) is 10.4. The Morgan fingerprint density at radius 2 is 1.58 bits per heavy atom. The molecule has 0 bridgehead atoms. The van der Waals surface area contributed by atoms with Gasteiger partial charge in [-0.15, -0.1) is 0 Å². The first-order chi connectivity index (χ1) is 8.48. The van der Waals surface area contributed by atoms with Crippen molar-refractivity contribution in [3.63, 3.8) is 0 Å². The first-order valence-electron chi connectivity index (χ1n) is 7.33. The van der Waals surface area contributed by atoms with Crippen LogP contribution in [0.5, 0.6) is 0 Å². The minimum atomic E-state index is -0.730. The van der Waals surface area contributed by atoms with Gasteiger partial charge in [0, 0.05) is 13.0 Å². The van der Waals surface area contributed by atoms with Crippen molar-refractivity contribution in [2.45, 2.75) is 79.8 Å². The highest BCUT2D eigenvalue weighted by Crippen LogP contribution is 2.50. The van der Waals surface area contributed by atoms with Crippen molar-refractivity contribution in [3.05, 3.63) is 0 Å². The van der Waals surface area contributed by atoms with Gasteiger partial charge in [-0.3, -0.25) is 4.79 Å². The predicted octanol–water partition coefficient (Wildman–Crippen LogP) is 4.50. The average molecular weight is 272 g/mol. The summed E-state index contributed by atoms with van der Waals surface area (Å²) in [5, 5.41) is 8.60. The van der Waals surface area contributed by atoms with Gasteiger partial charge in [0.1, 0.15) is 0 Å². The molecule has 0 amide bonds. The maximum Gasteiger partial charge on any atom is 0.303 e. The third-order valence-corrected chi connectivity index (χ3v) is 5.33. The summed E-state index contributed by atoms with van der Waals surface area (Å²) < 4.78 is 6.07. The van der Waals surface area contributed by atoms with Crippen LogP contribution in [0.15, 0.2) is 0 Å². The third-order valence-electron chi connectivity index (χ3n) is 5.33. The molecule has 0 aromatic carbocycles. The van der Waals surface area contributed by atoms with E-state index in [1.54, 1.807) is 0 Å². The minimum absolute atomic E-state index is 0.0432. The predicted molar refractivity (Wildman–Crippen MR) is 79.4 cm³/mol. The largest absolute Gasteiger partial charge is 0.481 e. The number of carboxylic acids is 1. The van der Waals surface area contributed by atoms with Gasteiger partial charge in [-0.2, -0.15) is 0 Å². The number of carboxylic acid groups (broad SMARTS) is 1. The molecule has 0 aliphatic rings. The molecule has 0 saturated carbocycles. The molecule has 0 unspecified atom stereocenters. The molecule has 0 atom stereocenters. The van der Waals surface area contributed by atoms with Gasteiger partial charge >= 0.3 is 5.97 Å². The van der Waals surface area contributed by atoms with Crippen molar-refractivity contribution in [3.8, 4) is 0 Å². The molecular formula is C16H32O3. The quantitative estimate of drug-likeness (QED) is 0.629. The number of ether oxygens (including phenoxy) is 1. The summed E-state index contributed by atoms with van der Waals surface area (Å²) >= 11 is 0. The van der Waals surface area contributed by atoms with E-state index in [4.69, 9.17) is 9.84 Å². The standard InChI is InChI=1S/C16H32O3/c1-8-14(2,3)15(4,5)16(6,7)19-12-10-9-11-13(17)18/h8-12H2,1-7H3,(H,17,18). The second kappa shape index (κ2) is 6.74. The normalized spacial score (nSPS) is 13.6. The van der Waals surface area contributed by atoms with Crippen molar-refractivity contribution < 1.29 is 14.6 Å². The van der Waals surface area contributed by atoms with E-state index >= 15 is 0 Å². The summed E-state index contributed by atoms with van der Waals surface area (Å²) in [5.41, 5.74) is 0.00878. The van der Waals surface area contributed by atoms with Gasteiger partial charge in [-0.25, -0.2) is 0 Å². The van der Waals surface area contributed by atoms with Crippen molar-refractivity contribution in [2.75, 3.05) is 6.61 Å². The number of aliphatic carboxylic acids is 1. The van der Waals surface area contributed by atoms with Gasteiger partial charge in [-0.05, 0) is 37.5 Å². The Bertz CT molecular complexity index is 290. The molecular weight excluding hydrogens is 240 g/mol. The molecule has 0 aromatic heterocycles. The molecule has 19 heavy (non-hydrogen) atoms. The lowest BCUT2D eigenvalue weighted by molar-refractivity contribution is -0.146. The fourth-order valence-electron chi connectivity index (χ4n) is 2.14. The number of hydrogen-bond donors (Lipinski definition) is 1. The zero-order valence-corrected chi connectivity index (χ0v) is 13.8. The third kappa shape index (κ3) is 4.79. The zero-order chi connectivity index (χ0) is 15.3. The molecule has 0 heterocycles. The van der Waals surface area contributed by atoms with E-state index in [2.05, 4.69) is 48.5 Å². The molecule has 3 heteroatoms. The molecule has 0 aromatic rings. The molecule has 1 N–H and O–H groups in total. The fraction of sp³-hybridized carbons (Fsp3) is 0.938. The van der Waals surface area contributed by atoms with Gasteiger partial charge in [0.15, 0.2) is 0 Å². The lowest BCUT2D eigenvalue weighted by Crippen LogP contribution is -2.50. The van der Waals surface area contributed by atoms with E-state index < -0.39 is 5.97 Å². The van der Waals surface area contributed by atoms with Gasteiger partial charge in [0.25, 0.3) is 0 Å². The van der Waals surface area contributed by atoms with Crippen molar-refractivity contribution >= 4 is 5.97 Å². The molecule has 0 fully saturated rings. The van der Waals surface area contributed by atoms with Crippen LogP contribution in [0.25, 0.3) is 0 Å². The Kier molecular flexibility index (Phi) is 6.53. The topological polar surface area (TPSA) is 46.5 Å². The van der Waals surface area contributed by atoms with Gasteiger partial charge in [0.05, 0.1) is 5.60 Å². The molecule has 0 saturated heterocycles. The highest BCUT2D eigenvalue weighted by Gasteiger charge is 2.47. The van der Waals surface area contributed by atoms with E-state index in [9.17, 15) is 4.79 Å². The Morgan fingerprint density at radius 3 is 2.00 bits per heavy atom. The second-order valence-electron chi connectivity index (χ2n) is 7.07. The van der Waals surface area contributed by atoms with Crippen LogP contribution in [0.3, 0.4) is 0 Å². The molecule has 0 rings (SSSR count). The number of hydrogen-bond acceptors (Lipinski definition) is 2. The Morgan fingerprint density at radius 1 is 1.05 bits per heavy atom. The van der Waals surface area contributed by atoms with Crippen molar-refractivity contribution in [1.29, 1.82) is 0 Å². The molecule has 3 nitrogen and oxygen atoms in total. The first-order valence-corrected chi connectivity index (χ1v) is 7.33. The van der Waals surface area contributed by atoms with E-state index in [0.29, 0.717) is 13.0 Å². The molecule has 0 aliphatic carbocycles. The fourth-order valence-corrected chi connectivity index (χ4v) is 2.14. The van der Waals surface area contributed by atoms with E-state index in [-0.39, 0.29) is 22.9 Å². The number of rotatable bonds is 9. The smallest absolute Gasteiger partial charge is 0.303 e. The lowest BCUT2D eigenvalue weighted by Gasteiger charge is -2.51. The summed E-state index contributed by atoms with van der Waals surface area (Å²) in [6.07, 6.45) is 2.82. The van der Waals surface area contributed by atoms with E-state index in [0.717, 1.165) is 12.8 Å². The number of carbonyl (C=O) groups is 1. The summed E-state index contributed by atoms with van der Waals surface area (Å²) in [7, 11) is 0.